The van der Waals surface area contributed by atoms with Crippen LogP contribution in [0.2, 0.25) is 0 Å². The highest BCUT2D eigenvalue weighted by atomic mass is 16.5. The first-order valence-electron chi connectivity index (χ1n) is 4.85. The molecular formula is C12H14N2O. The molecule has 1 aromatic carbocycles. The molecule has 1 heterocycles. The van der Waals surface area contributed by atoms with Crippen LogP contribution in [0.4, 0.5) is 0 Å². The van der Waals surface area contributed by atoms with E-state index in [-0.39, 0.29) is 0 Å². The van der Waals surface area contributed by atoms with Gasteiger partial charge in [0.2, 0.25) is 0 Å². The molecule has 15 heavy (non-hydrogen) atoms. The Morgan fingerprint density at radius 3 is 3.00 bits per heavy atom. The number of aromatic nitrogens is 2. The van der Waals surface area contributed by atoms with Crippen LogP contribution in [0.1, 0.15) is 18.3 Å². The van der Waals surface area contributed by atoms with E-state index in [1.165, 1.54) is 0 Å². The average molecular weight is 202 g/mol. The van der Waals surface area contributed by atoms with E-state index in [9.17, 15) is 0 Å². The van der Waals surface area contributed by atoms with Gasteiger partial charge in [-0.2, -0.15) is 0 Å². The maximum Gasteiger partial charge on any atom is 0.133 e. The van der Waals surface area contributed by atoms with Crippen LogP contribution in [0.3, 0.4) is 0 Å². The number of allylic oxidation sites excluding steroid dienone is 1. The van der Waals surface area contributed by atoms with Gasteiger partial charge >= 0.3 is 0 Å². The zero-order valence-corrected chi connectivity index (χ0v) is 9.00. The normalized spacial score (nSPS) is 10.8. The zero-order chi connectivity index (χ0) is 10.8. The molecule has 0 saturated heterocycles. The molecule has 78 valence electrons. The summed E-state index contributed by atoms with van der Waals surface area (Å²) in [5.41, 5.74) is 4.04. The molecule has 0 fully saturated rings. The summed E-state index contributed by atoms with van der Waals surface area (Å²) in [6.45, 7) is 6.39. The smallest absolute Gasteiger partial charge is 0.133 e. The lowest BCUT2D eigenvalue weighted by atomic mass is 10.2. The van der Waals surface area contributed by atoms with Gasteiger partial charge in [0, 0.05) is 12.7 Å². The summed E-state index contributed by atoms with van der Waals surface area (Å²) in [4.78, 5) is 7.72. The second-order valence-electron chi connectivity index (χ2n) is 3.61. The summed E-state index contributed by atoms with van der Waals surface area (Å²) in [7, 11) is 1.69. The molecule has 1 N–H and O–H groups in total. The molecule has 1 aromatic heterocycles. The molecule has 0 bridgehead atoms. The molecule has 3 heteroatoms. The fourth-order valence-corrected chi connectivity index (χ4v) is 1.57. The van der Waals surface area contributed by atoms with Crippen molar-refractivity contribution in [2.24, 2.45) is 0 Å². The Labute approximate surface area is 88.8 Å². The molecule has 0 amide bonds. The predicted octanol–water partition coefficient (Wildman–Crippen LogP) is 2.74. The van der Waals surface area contributed by atoms with Gasteiger partial charge in [-0.3, -0.25) is 0 Å². The third-order valence-corrected chi connectivity index (χ3v) is 2.30. The number of fused-ring (bicyclic) bond motifs is 1. The van der Waals surface area contributed by atoms with E-state index >= 15 is 0 Å². The van der Waals surface area contributed by atoms with E-state index in [1.54, 1.807) is 7.11 Å². The van der Waals surface area contributed by atoms with Gasteiger partial charge in [0.1, 0.15) is 5.82 Å². The van der Waals surface area contributed by atoms with Gasteiger partial charge in [-0.25, -0.2) is 4.98 Å². The van der Waals surface area contributed by atoms with Crippen molar-refractivity contribution in [2.45, 2.75) is 13.5 Å². The van der Waals surface area contributed by atoms with Crippen LogP contribution in [0, 0.1) is 0 Å². The zero-order valence-electron chi connectivity index (χ0n) is 9.00. The molecule has 0 aliphatic heterocycles. The first-order valence-corrected chi connectivity index (χ1v) is 4.85. The van der Waals surface area contributed by atoms with Crippen LogP contribution in [0.15, 0.2) is 24.8 Å². The van der Waals surface area contributed by atoms with Gasteiger partial charge in [0.25, 0.3) is 0 Å². The Balaban J connectivity index is 2.59. The van der Waals surface area contributed by atoms with Crippen molar-refractivity contribution in [3.8, 4) is 0 Å². The van der Waals surface area contributed by atoms with E-state index < -0.39 is 0 Å². The Morgan fingerprint density at radius 2 is 2.33 bits per heavy atom. The third kappa shape index (κ3) is 1.78. The second-order valence-corrected chi connectivity index (χ2v) is 3.61. The van der Waals surface area contributed by atoms with Gasteiger partial charge < -0.3 is 9.72 Å². The predicted molar refractivity (Wildman–Crippen MR) is 61.5 cm³/mol. The Hall–Kier alpha value is -1.61. The van der Waals surface area contributed by atoms with Gasteiger partial charge in [-0.15, -0.1) is 0 Å². The fourth-order valence-electron chi connectivity index (χ4n) is 1.57. The van der Waals surface area contributed by atoms with Crippen molar-refractivity contribution in [2.75, 3.05) is 7.11 Å². The standard InChI is InChI=1S/C12H14N2O/c1-8(2)12-13-10-6-4-5-9(7-15-3)11(10)14-12/h4-6H,1,7H2,2-3H3,(H,13,14). The molecule has 0 atom stereocenters. The fraction of sp³-hybridized carbons (Fsp3) is 0.250. The Morgan fingerprint density at radius 1 is 1.53 bits per heavy atom. The molecule has 3 nitrogen and oxygen atoms in total. The number of para-hydroxylation sites is 1. The highest BCUT2D eigenvalue weighted by Crippen LogP contribution is 2.19. The lowest BCUT2D eigenvalue weighted by Crippen LogP contribution is -1.88. The van der Waals surface area contributed by atoms with Gasteiger partial charge in [0.05, 0.1) is 17.6 Å². The van der Waals surface area contributed by atoms with Crippen LogP contribution >= 0.6 is 0 Å². The number of methoxy groups -OCH3 is 1. The largest absolute Gasteiger partial charge is 0.380 e. The van der Waals surface area contributed by atoms with E-state index in [0.717, 1.165) is 28.0 Å². The number of H-pyrrole nitrogens is 1. The van der Waals surface area contributed by atoms with Crippen molar-refractivity contribution >= 4 is 16.6 Å². The van der Waals surface area contributed by atoms with Crippen LogP contribution in [0.25, 0.3) is 16.6 Å². The summed E-state index contributed by atoms with van der Waals surface area (Å²) in [6, 6.07) is 6.03. The Kier molecular flexibility index (Phi) is 2.56. The van der Waals surface area contributed by atoms with E-state index in [4.69, 9.17) is 4.74 Å². The number of imidazole rings is 1. The number of rotatable bonds is 3. The van der Waals surface area contributed by atoms with Crippen molar-refractivity contribution in [1.29, 1.82) is 0 Å². The van der Waals surface area contributed by atoms with E-state index in [1.807, 2.05) is 25.1 Å². The lowest BCUT2D eigenvalue weighted by molar-refractivity contribution is 0.186. The van der Waals surface area contributed by atoms with Crippen molar-refractivity contribution < 1.29 is 4.74 Å². The van der Waals surface area contributed by atoms with Crippen LogP contribution in [-0.2, 0) is 11.3 Å². The molecule has 0 radical (unpaired) electrons. The van der Waals surface area contributed by atoms with Gasteiger partial charge in [-0.05, 0) is 18.6 Å². The number of hydrogen-bond donors (Lipinski definition) is 1. The average Bonchev–Trinajstić information content (AvgIpc) is 2.63. The molecular weight excluding hydrogens is 188 g/mol. The molecule has 2 rings (SSSR count). The van der Waals surface area contributed by atoms with E-state index in [2.05, 4.69) is 16.5 Å². The first-order chi connectivity index (χ1) is 7.22. The number of nitrogens with one attached hydrogen (secondary N) is 1. The summed E-state index contributed by atoms with van der Waals surface area (Å²) in [5, 5.41) is 0. The molecule has 0 saturated carbocycles. The Bertz CT molecular complexity index is 499. The third-order valence-electron chi connectivity index (χ3n) is 2.30. The summed E-state index contributed by atoms with van der Waals surface area (Å²) >= 11 is 0. The monoisotopic (exact) mass is 202 g/mol. The quantitative estimate of drug-likeness (QED) is 0.831. The van der Waals surface area contributed by atoms with Crippen molar-refractivity contribution in [3.63, 3.8) is 0 Å². The maximum atomic E-state index is 5.13. The lowest BCUT2D eigenvalue weighted by Gasteiger charge is -1.98. The second kappa shape index (κ2) is 3.87. The molecule has 2 aromatic rings. The number of hydrogen-bond acceptors (Lipinski definition) is 2. The minimum absolute atomic E-state index is 0.581. The molecule has 0 unspecified atom stereocenters. The summed E-state index contributed by atoms with van der Waals surface area (Å²) in [6.07, 6.45) is 0. The maximum absolute atomic E-state index is 5.13. The minimum atomic E-state index is 0.581. The first kappa shape index (κ1) is 9.93. The molecule has 0 spiro atoms. The van der Waals surface area contributed by atoms with Crippen LogP contribution in [0.5, 0.6) is 0 Å². The van der Waals surface area contributed by atoms with Crippen molar-refractivity contribution in [3.05, 3.63) is 36.2 Å². The number of ether oxygens (including phenoxy) is 1. The number of nitrogens with zero attached hydrogens (tertiary/aromatic N) is 1. The van der Waals surface area contributed by atoms with E-state index in [0.29, 0.717) is 6.61 Å². The van der Waals surface area contributed by atoms with Crippen LogP contribution < -0.4 is 0 Å². The SMILES string of the molecule is C=C(C)c1nc2c(COC)cccc2[nH]1. The summed E-state index contributed by atoms with van der Waals surface area (Å²) < 4.78 is 5.13. The van der Waals surface area contributed by atoms with Crippen molar-refractivity contribution in [1.82, 2.24) is 9.97 Å². The minimum Gasteiger partial charge on any atom is -0.380 e. The highest BCUT2D eigenvalue weighted by Gasteiger charge is 2.06. The topological polar surface area (TPSA) is 37.9 Å². The van der Waals surface area contributed by atoms with Gasteiger partial charge in [-0.1, -0.05) is 18.7 Å². The van der Waals surface area contributed by atoms with Crippen LogP contribution in [-0.4, -0.2) is 17.1 Å². The number of benzene rings is 1. The molecule has 0 aliphatic rings. The number of aromatic amines is 1. The summed E-state index contributed by atoms with van der Waals surface area (Å²) in [5.74, 6) is 0.841. The van der Waals surface area contributed by atoms with Gasteiger partial charge in [0.15, 0.2) is 0 Å². The highest BCUT2D eigenvalue weighted by molar-refractivity contribution is 5.81. The molecule has 0 aliphatic carbocycles.